The van der Waals surface area contributed by atoms with E-state index in [4.69, 9.17) is 0 Å². The molecule has 4 amide bonds. The number of hydrogen-bond acceptors (Lipinski definition) is 4. The van der Waals surface area contributed by atoms with Gasteiger partial charge in [-0.1, -0.05) is 12.1 Å². The van der Waals surface area contributed by atoms with Crippen molar-refractivity contribution < 1.29 is 24.3 Å². The van der Waals surface area contributed by atoms with Crippen LogP contribution in [0.1, 0.15) is 36.2 Å². The first kappa shape index (κ1) is 16.9. The van der Waals surface area contributed by atoms with E-state index in [1.807, 2.05) is 0 Å². The van der Waals surface area contributed by atoms with Crippen molar-refractivity contribution in [2.75, 3.05) is 13.1 Å². The molecule has 0 aliphatic carbocycles. The number of imide groups is 1. The predicted molar refractivity (Wildman–Crippen MR) is 86.7 cm³/mol. The third kappa shape index (κ3) is 2.73. The summed E-state index contributed by atoms with van der Waals surface area (Å²) in [5.74, 6) is -1.61. The van der Waals surface area contributed by atoms with Crippen LogP contribution in [0.4, 0.5) is 4.79 Å². The Morgan fingerprint density at radius 2 is 1.80 bits per heavy atom. The van der Waals surface area contributed by atoms with Gasteiger partial charge in [0.15, 0.2) is 0 Å². The number of carbonyl (C=O) groups is 4. The molecule has 8 nitrogen and oxygen atoms in total. The fraction of sp³-hybridized carbons (Fsp3) is 0.412. The van der Waals surface area contributed by atoms with Crippen LogP contribution >= 0.6 is 0 Å². The van der Waals surface area contributed by atoms with E-state index in [0.29, 0.717) is 24.1 Å². The van der Waals surface area contributed by atoms with E-state index in [0.717, 1.165) is 0 Å². The number of carbonyl (C=O) groups excluding carboxylic acids is 3. The normalized spacial score (nSPS) is 28.6. The van der Waals surface area contributed by atoms with E-state index in [1.165, 1.54) is 4.90 Å². The topological polar surface area (TPSA) is 116 Å². The van der Waals surface area contributed by atoms with Crippen molar-refractivity contribution in [1.29, 1.82) is 0 Å². The number of nitrogens with zero attached hydrogens (tertiary/aromatic N) is 1. The van der Waals surface area contributed by atoms with Gasteiger partial charge in [0, 0.05) is 18.7 Å². The van der Waals surface area contributed by atoms with Gasteiger partial charge in [-0.3, -0.25) is 19.7 Å². The number of carboxylic acids is 1. The Kier molecular flexibility index (Phi) is 3.78. The Balaban J connectivity index is 1.77. The largest absolute Gasteiger partial charge is 0.481 e. The third-order valence-electron chi connectivity index (χ3n) is 5.03. The molecule has 2 atom stereocenters. The lowest BCUT2D eigenvalue weighted by atomic mass is 9.90. The van der Waals surface area contributed by atoms with Gasteiger partial charge in [-0.15, -0.1) is 0 Å². The molecule has 1 aromatic carbocycles. The van der Waals surface area contributed by atoms with E-state index in [1.54, 1.807) is 38.1 Å². The second-order valence-electron chi connectivity index (χ2n) is 6.95. The van der Waals surface area contributed by atoms with Gasteiger partial charge in [-0.2, -0.15) is 0 Å². The van der Waals surface area contributed by atoms with Crippen molar-refractivity contribution in [2.24, 2.45) is 5.41 Å². The molecule has 2 saturated heterocycles. The second-order valence-corrected chi connectivity index (χ2v) is 6.95. The molecule has 8 heteroatoms. The van der Waals surface area contributed by atoms with Crippen LogP contribution in [0.5, 0.6) is 0 Å². The average molecular weight is 345 g/mol. The van der Waals surface area contributed by atoms with E-state index in [9.17, 15) is 24.3 Å². The molecule has 2 heterocycles. The van der Waals surface area contributed by atoms with Crippen molar-refractivity contribution in [3.8, 4) is 0 Å². The molecule has 0 spiro atoms. The molecule has 2 aliphatic heterocycles. The number of aliphatic carboxylic acids is 1. The maximum Gasteiger partial charge on any atom is 0.322 e. The Morgan fingerprint density at radius 1 is 1.16 bits per heavy atom. The molecular formula is C17H19N3O5. The van der Waals surface area contributed by atoms with Crippen LogP contribution in [-0.2, 0) is 15.1 Å². The van der Waals surface area contributed by atoms with E-state index in [2.05, 4.69) is 10.6 Å². The minimum Gasteiger partial charge on any atom is -0.481 e. The molecule has 0 radical (unpaired) electrons. The van der Waals surface area contributed by atoms with Gasteiger partial charge in [-0.05, 0) is 38.0 Å². The molecule has 1 aromatic rings. The molecule has 0 bridgehead atoms. The van der Waals surface area contributed by atoms with Crippen LogP contribution in [-0.4, -0.2) is 46.9 Å². The summed E-state index contributed by atoms with van der Waals surface area (Å²) in [4.78, 5) is 48.7. The standard InChI is InChI=1S/C17H19N3O5/c1-16(14(23)24)7-8-20(9-16)12(21)10-3-5-11(6-4-10)17(2)13(22)18-15(25)19-17/h3-6H,7-9H2,1-2H3,(H,23,24)(H2,18,19,22,25)/t16-,17-/m0/s1. The van der Waals surface area contributed by atoms with E-state index in [-0.39, 0.29) is 12.5 Å². The maximum absolute atomic E-state index is 12.6. The second kappa shape index (κ2) is 5.58. The summed E-state index contributed by atoms with van der Waals surface area (Å²) in [6.45, 7) is 3.77. The maximum atomic E-state index is 12.6. The monoisotopic (exact) mass is 345 g/mol. The van der Waals surface area contributed by atoms with Crippen LogP contribution in [0.25, 0.3) is 0 Å². The number of benzene rings is 1. The number of nitrogens with one attached hydrogen (secondary N) is 2. The predicted octanol–water partition coefficient (Wildman–Crippen LogP) is 0.678. The highest BCUT2D eigenvalue weighted by molar-refractivity contribution is 6.07. The fourth-order valence-corrected chi connectivity index (χ4v) is 3.18. The minimum atomic E-state index is -1.17. The molecule has 3 rings (SSSR count). The van der Waals surface area contributed by atoms with Crippen LogP contribution in [0.2, 0.25) is 0 Å². The number of amides is 4. The summed E-state index contributed by atoms with van der Waals surface area (Å²) in [6.07, 6.45) is 0.413. The first-order valence-corrected chi connectivity index (χ1v) is 7.92. The van der Waals surface area contributed by atoms with Gasteiger partial charge in [0.25, 0.3) is 11.8 Å². The molecule has 3 N–H and O–H groups in total. The van der Waals surface area contributed by atoms with Crippen LogP contribution in [0.15, 0.2) is 24.3 Å². The summed E-state index contributed by atoms with van der Waals surface area (Å²) in [6, 6.07) is 5.84. The first-order valence-electron chi connectivity index (χ1n) is 7.92. The number of hydrogen-bond donors (Lipinski definition) is 3. The lowest BCUT2D eigenvalue weighted by molar-refractivity contribution is -0.147. The number of urea groups is 1. The summed E-state index contributed by atoms with van der Waals surface area (Å²) >= 11 is 0. The molecule has 2 fully saturated rings. The van der Waals surface area contributed by atoms with Gasteiger partial charge in [-0.25, -0.2) is 4.79 Å². The van der Waals surface area contributed by atoms with Crippen LogP contribution in [0, 0.1) is 5.41 Å². The van der Waals surface area contributed by atoms with Crippen molar-refractivity contribution >= 4 is 23.8 Å². The van der Waals surface area contributed by atoms with E-state index < -0.39 is 28.9 Å². The Bertz CT molecular complexity index is 775. The smallest absolute Gasteiger partial charge is 0.322 e. The van der Waals surface area contributed by atoms with Crippen molar-refractivity contribution in [3.63, 3.8) is 0 Å². The van der Waals surface area contributed by atoms with Crippen LogP contribution in [0.3, 0.4) is 0 Å². The fourth-order valence-electron chi connectivity index (χ4n) is 3.18. The zero-order valence-corrected chi connectivity index (χ0v) is 14.0. The highest BCUT2D eigenvalue weighted by Crippen LogP contribution is 2.31. The molecule has 2 aliphatic rings. The average Bonchev–Trinajstić information content (AvgIpc) is 3.09. The Hall–Kier alpha value is -2.90. The SMILES string of the molecule is C[C@]1(C(=O)O)CCN(C(=O)c2ccc([C@]3(C)NC(=O)NC3=O)cc2)C1. The van der Waals surface area contributed by atoms with Gasteiger partial charge < -0.3 is 15.3 Å². The van der Waals surface area contributed by atoms with Gasteiger partial charge in [0.2, 0.25) is 0 Å². The zero-order chi connectivity index (χ0) is 18.4. The van der Waals surface area contributed by atoms with E-state index >= 15 is 0 Å². The molecule has 0 aromatic heterocycles. The molecule has 132 valence electrons. The lowest BCUT2D eigenvalue weighted by Gasteiger charge is -2.22. The Labute approximate surface area is 144 Å². The van der Waals surface area contributed by atoms with Crippen molar-refractivity contribution in [1.82, 2.24) is 15.5 Å². The summed E-state index contributed by atoms with van der Waals surface area (Å²) in [5, 5.41) is 14.0. The van der Waals surface area contributed by atoms with Gasteiger partial charge in [0.1, 0.15) is 5.54 Å². The molecule has 0 unspecified atom stereocenters. The highest BCUT2D eigenvalue weighted by Gasteiger charge is 2.44. The quantitative estimate of drug-likeness (QED) is 0.697. The van der Waals surface area contributed by atoms with Gasteiger partial charge >= 0.3 is 12.0 Å². The number of carboxylic acid groups (broad SMARTS) is 1. The highest BCUT2D eigenvalue weighted by atomic mass is 16.4. The van der Waals surface area contributed by atoms with Crippen LogP contribution < -0.4 is 10.6 Å². The lowest BCUT2D eigenvalue weighted by Crippen LogP contribution is -2.40. The summed E-state index contributed by atoms with van der Waals surface area (Å²) in [7, 11) is 0. The summed E-state index contributed by atoms with van der Waals surface area (Å²) < 4.78 is 0. The number of rotatable bonds is 3. The molecule has 0 saturated carbocycles. The molecular weight excluding hydrogens is 326 g/mol. The van der Waals surface area contributed by atoms with Crippen molar-refractivity contribution in [2.45, 2.75) is 25.8 Å². The minimum absolute atomic E-state index is 0.166. The summed E-state index contributed by atoms with van der Waals surface area (Å²) in [5.41, 5.74) is -1.13. The van der Waals surface area contributed by atoms with Crippen molar-refractivity contribution in [3.05, 3.63) is 35.4 Å². The van der Waals surface area contributed by atoms with Gasteiger partial charge in [0.05, 0.1) is 5.41 Å². The first-order chi connectivity index (χ1) is 11.7. The number of likely N-dealkylation sites (tertiary alicyclic amines) is 1. The third-order valence-corrected chi connectivity index (χ3v) is 5.03. The molecule has 25 heavy (non-hydrogen) atoms. The Morgan fingerprint density at radius 3 is 2.28 bits per heavy atom. The zero-order valence-electron chi connectivity index (χ0n) is 14.0.